The van der Waals surface area contributed by atoms with Crippen molar-refractivity contribution in [2.24, 2.45) is 11.8 Å². The number of nitrogens with zero attached hydrogens (tertiary/aromatic N) is 2. The van der Waals surface area contributed by atoms with E-state index in [4.69, 9.17) is 0 Å². The minimum Gasteiger partial charge on any atom is -0.330 e. The van der Waals surface area contributed by atoms with Gasteiger partial charge < -0.3 is 9.88 Å². The summed E-state index contributed by atoms with van der Waals surface area (Å²) in [7, 11) is 0. The molecule has 19 heavy (non-hydrogen) atoms. The fraction of sp³-hybridized carbons (Fsp3) is 0.812. The first-order chi connectivity index (χ1) is 9.17. The Kier molecular flexibility index (Phi) is 5.03. The van der Waals surface area contributed by atoms with Crippen molar-refractivity contribution in [1.29, 1.82) is 0 Å². The van der Waals surface area contributed by atoms with Crippen LogP contribution in [0.3, 0.4) is 0 Å². The maximum atomic E-state index is 4.51. The zero-order valence-corrected chi connectivity index (χ0v) is 12.9. The molecule has 0 spiro atoms. The summed E-state index contributed by atoms with van der Waals surface area (Å²) in [5.41, 5.74) is 0. The molecule has 1 heterocycles. The molecule has 1 fully saturated rings. The fourth-order valence-electron chi connectivity index (χ4n) is 3.51. The molecule has 1 N–H and O–H groups in total. The van der Waals surface area contributed by atoms with E-state index in [0.717, 1.165) is 24.8 Å². The first-order valence-corrected chi connectivity index (χ1v) is 7.92. The third kappa shape index (κ3) is 3.19. The lowest BCUT2D eigenvalue weighted by molar-refractivity contribution is 0.170. The molecule has 108 valence electrons. The molecule has 2 rings (SSSR count). The van der Waals surface area contributed by atoms with Crippen molar-refractivity contribution in [3.05, 3.63) is 18.2 Å². The summed E-state index contributed by atoms with van der Waals surface area (Å²) in [5, 5.41) is 3.69. The molecule has 3 nitrogen and oxygen atoms in total. The van der Waals surface area contributed by atoms with Crippen LogP contribution in [0, 0.1) is 11.8 Å². The second-order valence-corrected chi connectivity index (χ2v) is 6.15. The van der Waals surface area contributed by atoms with Gasteiger partial charge >= 0.3 is 0 Å². The quantitative estimate of drug-likeness (QED) is 0.882. The van der Waals surface area contributed by atoms with Crippen molar-refractivity contribution in [2.75, 3.05) is 6.54 Å². The Morgan fingerprint density at radius 1 is 1.37 bits per heavy atom. The summed E-state index contributed by atoms with van der Waals surface area (Å²) < 4.78 is 2.43. The van der Waals surface area contributed by atoms with Gasteiger partial charge in [-0.2, -0.15) is 0 Å². The number of aryl methyl sites for hydroxylation is 1. The Morgan fingerprint density at radius 3 is 2.79 bits per heavy atom. The van der Waals surface area contributed by atoms with Gasteiger partial charge in [0, 0.05) is 24.9 Å². The average Bonchev–Trinajstić information content (AvgIpc) is 2.87. The van der Waals surface area contributed by atoms with Gasteiger partial charge in [0.05, 0.1) is 6.04 Å². The van der Waals surface area contributed by atoms with Crippen molar-refractivity contribution in [1.82, 2.24) is 14.9 Å². The van der Waals surface area contributed by atoms with Crippen molar-refractivity contribution in [2.45, 2.75) is 65.5 Å². The maximum absolute atomic E-state index is 4.51. The molecular weight excluding hydrogens is 234 g/mol. The van der Waals surface area contributed by atoms with Gasteiger partial charge in [-0.15, -0.1) is 0 Å². The van der Waals surface area contributed by atoms with E-state index >= 15 is 0 Å². The lowest BCUT2D eigenvalue weighted by atomic mass is 9.76. The zero-order chi connectivity index (χ0) is 13.8. The lowest BCUT2D eigenvalue weighted by Crippen LogP contribution is -2.42. The average molecular weight is 263 g/mol. The molecule has 0 bridgehead atoms. The number of nitrogens with one attached hydrogen (secondary N) is 1. The highest BCUT2D eigenvalue weighted by Gasteiger charge is 2.33. The molecule has 1 saturated carbocycles. The third-order valence-corrected chi connectivity index (χ3v) is 4.69. The minimum absolute atomic E-state index is 0.582. The van der Waals surface area contributed by atoms with Crippen molar-refractivity contribution in [3.8, 4) is 0 Å². The van der Waals surface area contributed by atoms with E-state index in [-0.39, 0.29) is 0 Å². The zero-order valence-electron chi connectivity index (χ0n) is 12.9. The van der Waals surface area contributed by atoms with Crippen LogP contribution in [0.15, 0.2) is 12.4 Å². The second kappa shape index (κ2) is 6.56. The smallest absolute Gasteiger partial charge is 0.108 e. The molecule has 0 aromatic carbocycles. The van der Waals surface area contributed by atoms with Gasteiger partial charge in [-0.3, -0.25) is 0 Å². The monoisotopic (exact) mass is 263 g/mol. The Bertz CT molecular complexity index is 383. The predicted molar refractivity (Wildman–Crippen MR) is 80.3 cm³/mol. The van der Waals surface area contributed by atoms with Crippen molar-refractivity contribution >= 4 is 0 Å². The second-order valence-electron chi connectivity index (χ2n) is 6.15. The van der Waals surface area contributed by atoms with Gasteiger partial charge in [-0.05, 0) is 37.6 Å². The lowest BCUT2D eigenvalue weighted by Gasteiger charge is -2.39. The minimum atomic E-state index is 0.582. The summed E-state index contributed by atoms with van der Waals surface area (Å²) in [4.78, 5) is 4.51. The van der Waals surface area contributed by atoms with Crippen LogP contribution < -0.4 is 5.32 Å². The predicted octanol–water partition coefficient (Wildman–Crippen LogP) is 3.42. The fourth-order valence-corrected chi connectivity index (χ4v) is 3.51. The maximum Gasteiger partial charge on any atom is 0.108 e. The molecule has 1 aromatic rings. The summed E-state index contributed by atoms with van der Waals surface area (Å²) in [6.45, 7) is 10.2. The summed E-state index contributed by atoms with van der Waals surface area (Å²) in [6, 6.07) is 1.19. The van der Waals surface area contributed by atoms with E-state index < -0.39 is 0 Å². The van der Waals surface area contributed by atoms with Crippen LogP contribution >= 0.6 is 0 Å². The standard InChI is InChI=1S/C16H29N3/c1-5-16-18-9-10-19(16)15-11-13(12(3)4)7-8-14(15)17-6-2/h9-10,12-15,17H,5-8,11H2,1-4H3. The highest BCUT2D eigenvalue weighted by Crippen LogP contribution is 2.37. The molecule has 0 amide bonds. The van der Waals surface area contributed by atoms with E-state index in [1.165, 1.54) is 25.1 Å². The topological polar surface area (TPSA) is 29.9 Å². The normalized spacial score (nSPS) is 27.9. The van der Waals surface area contributed by atoms with Crippen LogP contribution in [0.1, 0.15) is 58.8 Å². The third-order valence-electron chi connectivity index (χ3n) is 4.69. The Morgan fingerprint density at radius 2 is 2.16 bits per heavy atom. The van der Waals surface area contributed by atoms with E-state index in [1.807, 2.05) is 6.20 Å². The molecular formula is C16H29N3. The van der Waals surface area contributed by atoms with Crippen LogP contribution in [0.25, 0.3) is 0 Å². The van der Waals surface area contributed by atoms with Crippen LogP contribution in [0.2, 0.25) is 0 Å². The number of imidazole rings is 1. The molecule has 1 aliphatic rings. The Balaban J connectivity index is 2.20. The SMILES string of the molecule is CCNC1CCC(C(C)C)CC1n1ccnc1CC. The number of hydrogen-bond acceptors (Lipinski definition) is 2. The molecule has 0 radical (unpaired) electrons. The number of rotatable bonds is 5. The first kappa shape index (κ1) is 14.6. The van der Waals surface area contributed by atoms with Crippen LogP contribution in [0.4, 0.5) is 0 Å². The van der Waals surface area contributed by atoms with Gasteiger partial charge in [0.2, 0.25) is 0 Å². The van der Waals surface area contributed by atoms with Gasteiger partial charge in [0.15, 0.2) is 0 Å². The van der Waals surface area contributed by atoms with Gasteiger partial charge in [-0.25, -0.2) is 4.98 Å². The molecule has 3 atom stereocenters. The van der Waals surface area contributed by atoms with Crippen LogP contribution in [0.5, 0.6) is 0 Å². The van der Waals surface area contributed by atoms with Crippen LogP contribution in [-0.2, 0) is 6.42 Å². The number of hydrogen-bond donors (Lipinski definition) is 1. The number of likely N-dealkylation sites (N-methyl/N-ethyl adjacent to an activating group) is 1. The number of aromatic nitrogens is 2. The van der Waals surface area contributed by atoms with Crippen molar-refractivity contribution < 1.29 is 0 Å². The van der Waals surface area contributed by atoms with E-state index in [0.29, 0.717) is 12.1 Å². The molecule has 0 saturated heterocycles. The van der Waals surface area contributed by atoms with E-state index in [1.54, 1.807) is 0 Å². The highest BCUT2D eigenvalue weighted by molar-refractivity contribution is 5.00. The van der Waals surface area contributed by atoms with E-state index in [2.05, 4.69) is 48.8 Å². The molecule has 3 unspecified atom stereocenters. The Hall–Kier alpha value is -0.830. The highest BCUT2D eigenvalue weighted by atomic mass is 15.1. The van der Waals surface area contributed by atoms with Gasteiger partial charge in [0.25, 0.3) is 0 Å². The molecule has 3 heteroatoms. The van der Waals surface area contributed by atoms with Gasteiger partial charge in [0.1, 0.15) is 5.82 Å². The Labute approximate surface area is 117 Å². The van der Waals surface area contributed by atoms with E-state index in [9.17, 15) is 0 Å². The summed E-state index contributed by atoms with van der Waals surface area (Å²) in [5.74, 6) is 2.88. The molecule has 1 aliphatic carbocycles. The molecule has 1 aromatic heterocycles. The van der Waals surface area contributed by atoms with Crippen LogP contribution in [-0.4, -0.2) is 22.1 Å². The van der Waals surface area contributed by atoms with Gasteiger partial charge in [-0.1, -0.05) is 27.7 Å². The summed E-state index contributed by atoms with van der Waals surface area (Å²) in [6.07, 6.45) is 9.11. The summed E-state index contributed by atoms with van der Waals surface area (Å²) >= 11 is 0. The molecule has 0 aliphatic heterocycles. The van der Waals surface area contributed by atoms with Crippen molar-refractivity contribution in [3.63, 3.8) is 0 Å². The first-order valence-electron chi connectivity index (χ1n) is 7.92. The largest absolute Gasteiger partial charge is 0.330 e.